The summed E-state index contributed by atoms with van der Waals surface area (Å²) < 4.78 is 45.1. The summed E-state index contributed by atoms with van der Waals surface area (Å²) in [7, 11) is 3.97. The van der Waals surface area contributed by atoms with Gasteiger partial charge >= 0.3 is 6.18 Å². The highest BCUT2D eigenvalue weighted by Crippen LogP contribution is 2.36. The van der Waals surface area contributed by atoms with Crippen molar-refractivity contribution in [2.24, 2.45) is 0 Å². The predicted molar refractivity (Wildman–Crippen MR) is 99.7 cm³/mol. The van der Waals surface area contributed by atoms with Crippen LogP contribution in [-0.2, 0) is 0 Å². The minimum absolute atomic E-state index is 0.162. The topological polar surface area (TPSA) is 37.4 Å². The Morgan fingerprint density at radius 3 is 2.62 bits per heavy atom. The highest BCUT2D eigenvalue weighted by molar-refractivity contribution is 5.95. The molecule has 0 spiro atoms. The Hall–Kier alpha value is -2.28. The largest absolute Gasteiger partial charge is 0.494 e. The van der Waals surface area contributed by atoms with Crippen molar-refractivity contribution >= 4 is 22.2 Å². The highest BCUT2D eigenvalue weighted by atomic mass is 19.4. The summed E-state index contributed by atoms with van der Waals surface area (Å²) in [6.07, 6.45) is -3.67. The maximum Gasteiger partial charge on any atom is 0.417 e. The van der Waals surface area contributed by atoms with Crippen LogP contribution in [-0.4, -0.2) is 49.9 Å². The SMILES string of the molecule is C=C(c1nc(NCC)cc2cc(OCCCN(C)C)ccc12)C(F)(F)F. The lowest BCUT2D eigenvalue weighted by Crippen LogP contribution is -2.15. The van der Waals surface area contributed by atoms with Gasteiger partial charge in [0.25, 0.3) is 0 Å². The minimum Gasteiger partial charge on any atom is -0.494 e. The molecule has 142 valence electrons. The van der Waals surface area contributed by atoms with E-state index in [0.717, 1.165) is 13.0 Å². The van der Waals surface area contributed by atoms with Crippen molar-refractivity contribution in [3.8, 4) is 5.75 Å². The third-order valence-corrected chi connectivity index (χ3v) is 3.81. The number of anilines is 1. The van der Waals surface area contributed by atoms with E-state index < -0.39 is 11.7 Å². The second kappa shape index (κ2) is 8.40. The molecule has 0 bridgehead atoms. The Bertz CT molecular complexity index is 772. The van der Waals surface area contributed by atoms with E-state index in [2.05, 4.69) is 21.8 Å². The van der Waals surface area contributed by atoms with E-state index in [9.17, 15) is 13.2 Å². The molecule has 0 unspecified atom stereocenters. The molecule has 0 aliphatic rings. The zero-order chi connectivity index (χ0) is 19.3. The number of allylic oxidation sites excluding steroid dienone is 1. The normalized spacial score (nSPS) is 11.8. The smallest absolute Gasteiger partial charge is 0.417 e. The maximum atomic E-state index is 13.1. The van der Waals surface area contributed by atoms with Crippen LogP contribution in [0, 0.1) is 0 Å². The van der Waals surface area contributed by atoms with Crippen LogP contribution in [0.2, 0.25) is 0 Å². The molecular formula is C19H24F3N3O. The molecule has 1 aromatic heterocycles. The number of hydrogen-bond acceptors (Lipinski definition) is 4. The molecule has 0 aliphatic heterocycles. The summed E-state index contributed by atoms with van der Waals surface area (Å²) in [5, 5.41) is 3.99. The number of ether oxygens (including phenoxy) is 1. The van der Waals surface area contributed by atoms with Crippen molar-refractivity contribution in [1.29, 1.82) is 0 Å². The molecule has 0 saturated heterocycles. The Morgan fingerprint density at radius 2 is 2.00 bits per heavy atom. The number of benzene rings is 1. The first-order valence-corrected chi connectivity index (χ1v) is 8.45. The van der Waals surface area contributed by atoms with Gasteiger partial charge in [-0.05, 0) is 57.1 Å². The minimum atomic E-state index is -4.54. The number of nitrogens with one attached hydrogen (secondary N) is 1. The first kappa shape index (κ1) is 20.0. The number of halogens is 3. The average molecular weight is 367 g/mol. The standard InChI is InChI=1S/C19H24F3N3O/c1-5-23-17-12-14-11-15(26-10-6-9-25(3)4)7-8-16(14)18(24-17)13(2)19(20,21)22/h7-8,11-12H,2,5-6,9-10H2,1,3-4H3,(H,23,24). The summed E-state index contributed by atoms with van der Waals surface area (Å²) in [6.45, 7) is 7.04. The third kappa shape index (κ3) is 5.11. The van der Waals surface area contributed by atoms with Crippen molar-refractivity contribution in [2.45, 2.75) is 19.5 Å². The van der Waals surface area contributed by atoms with Gasteiger partial charge in [0, 0.05) is 18.5 Å². The first-order chi connectivity index (χ1) is 12.2. The zero-order valence-corrected chi connectivity index (χ0v) is 15.3. The molecule has 2 aromatic rings. The molecule has 1 aromatic carbocycles. The molecule has 0 radical (unpaired) electrons. The lowest BCUT2D eigenvalue weighted by Gasteiger charge is -2.15. The van der Waals surface area contributed by atoms with E-state index in [4.69, 9.17) is 4.74 Å². The van der Waals surface area contributed by atoms with Crippen LogP contribution in [0.3, 0.4) is 0 Å². The van der Waals surface area contributed by atoms with Gasteiger partial charge in [0.15, 0.2) is 0 Å². The number of pyridine rings is 1. The van der Waals surface area contributed by atoms with Crippen LogP contribution < -0.4 is 10.1 Å². The van der Waals surface area contributed by atoms with Crippen molar-refractivity contribution in [3.05, 3.63) is 36.5 Å². The molecule has 2 rings (SSSR count). The number of hydrogen-bond donors (Lipinski definition) is 1. The lowest BCUT2D eigenvalue weighted by atomic mass is 10.0. The maximum absolute atomic E-state index is 13.1. The zero-order valence-electron chi connectivity index (χ0n) is 15.3. The summed E-state index contributed by atoms with van der Waals surface area (Å²) in [6, 6.07) is 6.73. The Labute approximate surface area is 151 Å². The summed E-state index contributed by atoms with van der Waals surface area (Å²) in [5.74, 6) is 0.999. The summed E-state index contributed by atoms with van der Waals surface area (Å²) >= 11 is 0. The molecule has 1 heterocycles. The van der Waals surface area contributed by atoms with Gasteiger partial charge in [-0.25, -0.2) is 4.98 Å². The van der Waals surface area contributed by atoms with Gasteiger partial charge in [0.05, 0.1) is 17.9 Å². The van der Waals surface area contributed by atoms with Gasteiger partial charge in [-0.1, -0.05) is 6.58 Å². The Kier molecular flexibility index (Phi) is 6.47. The number of alkyl halides is 3. The van der Waals surface area contributed by atoms with E-state index in [1.165, 1.54) is 0 Å². The van der Waals surface area contributed by atoms with Crippen LogP contribution in [0.5, 0.6) is 5.75 Å². The molecule has 7 heteroatoms. The molecule has 4 nitrogen and oxygen atoms in total. The van der Waals surface area contributed by atoms with E-state index >= 15 is 0 Å². The quantitative estimate of drug-likeness (QED) is 0.694. The van der Waals surface area contributed by atoms with Crippen LogP contribution in [0.4, 0.5) is 19.0 Å². The number of aromatic nitrogens is 1. The monoisotopic (exact) mass is 367 g/mol. The van der Waals surface area contributed by atoms with Crippen molar-refractivity contribution in [3.63, 3.8) is 0 Å². The molecule has 0 aliphatic carbocycles. The molecule has 1 N–H and O–H groups in total. The van der Waals surface area contributed by atoms with E-state index in [1.54, 1.807) is 24.3 Å². The van der Waals surface area contributed by atoms with Crippen LogP contribution in [0.15, 0.2) is 30.8 Å². The first-order valence-electron chi connectivity index (χ1n) is 8.45. The van der Waals surface area contributed by atoms with Crippen molar-refractivity contribution in [1.82, 2.24) is 9.88 Å². The van der Waals surface area contributed by atoms with Gasteiger partial charge in [-0.2, -0.15) is 13.2 Å². The number of rotatable bonds is 8. The molecule has 0 fully saturated rings. The fraction of sp³-hybridized carbons (Fsp3) is 0.421. The fourth-order valence-corrected chi connectivity index (χ4v) is 2.53. The van der Waals surface area contributed by atoms with Crippen LogP contribution >= 0.6 is 0 Å². The number of fused-ring (bicyclic) bond motifs is 1. The van der Waals surface area contributed by atoms with Crippen LogP contribution in [0.1, 0.15) is 19.0 Å². The average Bonchev–Trinajstić information content (AvgIpc) is 2.56. The molecule has 0 amide bonds. The van der Waals surface area contributed by atoms with Crippen LogP contribution in [0.25, 0.3) is 16.3 Å². The number of nitrogens with zero attached hydrogens (tertiary/aromatic N) is 2. The van der Waals surface area contributed by atoms with E-state index in [-0.39, 0.29) is 5.69 Å². The second-order valence-corrected chi connectivity index (χ2v) is 6.25. The van der Waals surface area contributed by atoms with Crippen molar-refractivity contribution in [2.75, 3.05) is 39.1 Å². The van der Waals surface area contributed by atoms with Gasteiger partial charge in [0.2, 0.25) is 0 Å². The molecule has 0 saturated carbocycles. The third-order valence-electron chi connectivity index (χ3n) is 3.81. The lowest BCUT2D eigenvalue weighted by molar-refractivity contribution is -0.0688. The van der Waals surface area contributed by atoms with Gasteiger partial charge in [0.1, 0.15) is 11.6 Å². The predicted octanol–water partition coefficient (Wildman–Crippen LogP) is 4.57. The highest BCUT2D eigenvalue weighted by Gasteiger charge is 2.35. The molecular weight excluding hydrogens is 343 g/mol. The van der Waals surface area contributed by atoms with Crippen molar-refractivity contribution < 1.29 is 17.9 Å². The Morgan fingerprint density at radius 1 is 1.27 bits per heavy atom. The van der Waals surface area contributed by atoms with E-state index in [1.807, 2.05) is 21.0 Å². The van der Waals surface area contributed by atoms with Gasteiger partial charge in [-0.3, -0.25) is 0 Å². The summed E-state index contributed by atoms with van der Waals surface area (Å²) in [4.78, 5) is 6.17. The molecule has 26 heavy (non-hydrogen) atoms. The molecule has 0 atom stereocenters. The van der Waals surface area contributed by atoms with Gasteiger partial charge in [-0.15, -0.1) is 0 Å². The second-order valence-electron chi connectivity index (χ2n) is 6.25. The van der Waals surface area contributed by atoms with Gasteiger partial charge < -0.3 is 15.0 Å². The fourth-order valence-electron chi connectivity index (χ4n) is 2.53. The summed E-state index contributed by atoms with van der Waals surface area (Å²) in [5.41, 5.74) is -1.12. The Balaban J connectivity index is 2.35. The van der Waals surface area contributed by atoms with E-state index in [0.29, 0.717) is 35.5 Å².